The van der Waals surface area contributed by atoms with E-state index in [1.165, 1.54) is 18.5 Å². The van der Waals surface area contributed by atoms with Crippen LogP contribution in [0.3, 0.4) is 0 Å². The van der Waals surface area contributed by atoms with E-state index in [-0.39, 0.29) is 11.5 Å². The van der Waals surface area contributed by atoms with Gasteiger partial charge < -0.3 is 10.6 Å². The van der Waals surface area contributed by atoms with E-state index < -0.39 is 5.91 Å². The number of hydrogen-bond donors (Lipinski definition) is 2. The number of halogens is 1. The van der Waals surface area contributed by atoms with Gasteiger partial charge in [-0.2, -0.15) is 0 Å². The molecule has 5 nitrogen and oxygen atoms in total. The van der Waals surface area contributed by atoms with E-state index in [1.54, 1.807) is 24.3 Å². The molecule has 3 aromatic rings. The van der Waals surface area contributed by atoms with Crippen molar-refractivity contribution < 1.29 is 9.59 Å². The molecule has 2 N–H and O–H groups in total. The molecule has 0 spiro atoms. The van der Waals surface area contributed by atoms with Crippen molar-refractivity contribution in [3.05, 3.63) is 88.2 Å². The van der Waals surface area contributed by atoms with Crippen LogP contribution in [0.15, 0.2) is 60.9 Å². The minimum absolute atomic E-state index is 0.267. The number of anilines is 2. The van der Waals surface area contributed by atoms with Crippen LogP contribution in [0.1, 0.15) is 31.8 Å². The van der Waals surface area contributed by atoms with Gasteiger partial charge in [0.15, 0.2) is 0 Å². The molecule has 0 aliphatic carbocycles. The molecule has 2 amide bonds. The third-order valence-electron chi connectivity index (χ3n) is 4.24. The Morgan fingerprint density at radius 3 is 2.11 bits per heavy atom. The fourth-order valence-corrected chi connectivity index (χ4v) is 2.71. The summed E-state index contributed by atoms with van der Waals surface area (Å²) in [6.45, 7) is 3.92. The van der Waals surface area contributed by atoms with Crippen molar-refractivity contribution >= 4 is 34.8 Å². The van der Waals surface area contributed by atoms with Gasteiger partial charge in [-0.05, 0) is 49.2 Å². The topological polar surface area (TPSA) is 71.1 Å². The van der Waals surface area contributed by atoms with E-state index in [4.69, 9.17) is 11.6 Å². The first-order valence-corrected chi connectivity index (χ1v) is 8.72. The van der Waals surface area contributed by atoms with Crippen LogP contribution in [0, 0.1) is 13.8 Å². The number of aromatic nitrogens is 1. The number of hydrogen-bond acceptors (Lipinski definition) is 3. The average molecular weight is 380 g/mol. The SMILES string of the molecule is Cc1cccc(NC(=O)c2cncc(C(=O)Nc3ccccc3Cl)c2)c1C. The van der Waals surface area contributed by atoms with Crippen LogP contribution in [-0.4, -0.2) is 16.8 Å². The maximum atomic E-state index is 12.6. The summed E-state index contributed by atoms with van der Waals surface area (Å²) >= 11 is 6.06. The molecule has 0 saturated heterocycles. The Kier molecular flexibility index (Phi) is 5.52. The molecule has 0 saturated carbocycles. The molecule has 0 aliphatic rings. The quantitative estimate of drug-likeness (QED) is 0.680. The summed E-state index contributed by atoms with van der Waals surface area (Å²) in [5, 5.41) is 6.01. The second kappa shape index (κ2) is 8.01. The molecule has 2 aromatic carbocycles. The van der Waals surface area contributed by atoms with Crippen LogP contribution in [0.2, 0.25) is 5.02 Å². The van der Waals surface area contributed by atoms with Gasteiger partial charge in [-0.25, -0.2) is 0 Å². The Morgan fingerprint density at radius 2 is 1.44 bits per heavy atom. The van der Waals surface area contributed by atoms with Crippen molar-refractivity contribution in [3.8, 4) is 0 Å². The maximum Gasteiger partial charge on any atom is 0.257 e. The maximum absolute atomic E-state index is 12.6. The molecule has 6 heteroatoms. The van der Waals surface area contributed by atoms with Crippen LogP contribution in [-0.2, 0) is 0 Å². The largest absolute Gasteiger partial charge is 0.322 e. The van der Waals surface area contributed by atoms with Crippen LogP contribution in [0.25, 0.3) is 0 Å². The third kappa shape index (κ3) is 4.33. The van der Waals surface area contributed by atoms with Gasteiger partial charge in [0.2, 0.25) is 0 Å². The number of pyridine rings is 1. The number of aryl methyl sites for hydroxylation is 1. The molecule has 0 fully saturated rings. The van der Waals surface area contributed by atoms with E-state index in [2.05, 4.69) is 15.6 Å². The van der Waals surface area contributed by atoms with Crippen molar-refractivity contribution in [1.29, 1.82) is 0 Å². The van der Waals surface area contributed by atoms with Crippen molar-refractivity contribution in [2.24, 2.45) is 0 Å². The molecule has 3 rings (SSSR count). The number of benzene rings is 2. The Labute approximate surface area is 162 Å². The number of amides is 2. The Hall–Kier alpha value is -3.18. The van der Waals surface area contributed by atoms with Gasteiger partial charge in [0, 0.05) is 18.1 Å². The van der Waals surface area contributed by atoms with Crippen LogP contribution < -0.4 is 10.6 Å². The number of carbonyl (C=O) groups is 2. The zero-order valence-electron chi connectivity index (χ0n) is 14.9. The van der Waals surface area contributed by atoms with E-state index >= 15 is 0 Å². The number of para-hydroxylation sites is 1. The first-order valence-electron chi connectivity index (χ1n) is 8.34. The minimum atomic E-state index is -0.392. The lowest BCUT2D eigenvalue weighted by atomic mass is 10.1. The first kappa shape index (κ1) is 18.6. The average Bonchev–Trinajstić information content (AvgIpc) is 2.67. The Bertz CT molecular complexity index is 1020. The summed E-state index contributed by atoms with van der Waals surface area (Å²) in [5.41, 5.74) is 3.86. The van der Waals surface area contributed by atoms with E-state index in [0.717, 1.165) is 16.8 Å². The van der Waals surface area contributed by atoms with E-state index in [9.17, 15) is 9.59 Å². The Morgan fingerprint density at radius 1 is 0.852 bits per heavy atom. The molecule has 0 atom stereocenters. The van der Waals surface area contributed by atoms with Gasteiger partial charge in [0.05, 0.1) is 21.8 Å². The monoisotopic (exact) mass is 379 g/mol. The first-order chi connectivity index (χ1) is 13.0. The zero-order chi connectivity index (χ0) is 19.4. The zero-order valence-corrected chi connectivity index (χ0v) is 15.7. The lowest BCUT2D eigenvalue weighted by molar-refractivity contribution is 0.102. The van der Waals surface area contributed by atoms with Gasteiger partial charge in [0.1, 0.15) is 0 Å². The molecule has 0 unspecified atom stereocenters. The molecule has 27 heavy (non-hydrogen) atoms. The highest BCUT2D eigenvalue weighted by molar-refractivity contribution is 6.33. The third-order valence-corrected chi connectivity index (χ3v) is 4.57. The standard InChI is InChI=1S/C21H18ClN3O2/c1-13-6-5-9-18(14(13)2)24-20(26)15-10-16(12-23-11-15)21(27)25-19-8-4-3-7-17(19)22/h3-12H,1-2H3,(H,24,26)(H,25,27). The summed E-state index contributed by atoms with van der Waals surface area (Å²) in [4.78, 5) is 29.0. The molecule has 136 valence electrons. The smallest absolute Gasteiger partial charge is 0.257 e. The molecule has 0 radical (unpaired) electrons. The summed E-state index contributed by atoms with van der Waals surface area (Å²) < 4.78 is 0. The highest BCUT2D eigenvalue weighted by Crippen LogP contribution is 2.22. The second-order valence-corrected chi connectivity index (χ2v) is 6.51. The van der Waals surface area contributed by atoms with Crippen molar-refractivity contribution in [2.45, 2.75) is 13.8 Å². The van der Waals surface area contributed by atoms with E-state index in [1.807, 2.05) is 32.0 Å². The number of nitrogens with one attached hydrogen (secondary N) is 2. The highest BCUT2D eigenvalue weighted by Gasteiger charge is 2.14. The minimum Gasteiger partial charge on any atom is -0.322 e. The number of carbonyl (C=O) groups excluding carboxylic acids is 2. The molecule has 1 aromatic heterocycles. The predicted molar refractivity (Wildman–Crippen MR) is 108 cm³/mol. The summed E-state index contributed by atoms with van der Waals surface area (Å²) in [6, 6.07) is 14.1. The summed E-state index contributed by atoms with van der Waals surface area (Å²) in [7, 11) is 0. The van der Waals surface area contributed by atoms with Crippen molar-refractivity contribution in [1.82, 2.24) is 4.98 Å². The summed E-state index contributed by atoms with van der Waals surface area (Å²) in [5.74, 6) is -0.722. The number of nitrogens with zero attached hydrogens (tertiary/aromatic N) is 1. The van der Waals surface area contributed by atoms with Crippen molar-refractivity contribution in [2.75, 3.05) is 10.6 Å². The fourth-order valence-electron chi connectivity index (χ4n) is 2.53. The molecule has 0 bridgehead atoms. The van der Waals surface area contributed by atoms with E-state index in [0.29, 0.717) is 16.3 Å². The van der Waals surface area contributed by atoms with Crippen molar-refractivity contribution in [3.63, 3.8) is 0 Å². The lowest BCUT2D eigenvalue weighted by Crippen LogP contribution is -2.16. The van der Waals surface area contributed by atoms with Gasteiger partial charge in [-0.1, -0.05) is 35.9 Å². The second-order valence-electron chi connectivity index (χ2n) is 6.10. The molecule has 1 heterocycles. The van der Waals surface area contributed by atoms with Crippen LogP contribution in [0.4, 0.5) is 11.4 Å². The molecular formula is C21H18ClN3O2. The normalized spacial score (nSPS) is 10.3. The van der Waals surface area contributed by atoms with Crippen LogP contribution in [0.5, 0.6) is 0 Å². The molecule has 0 aliphatic heterocycles. The van der Waals surface area contributed by atoms with Gasteiger partial charge in [-0.15, -0.1) is 0 Å². The predicted octanol–water partition coefficient (Wildman–Crippen LogP) is 4.86. The lowest BCUT2D eigenvalue weighted by Gasteiger charge is -2.11. The van der Waals surface area contributed by atoms with Gasteiger partial charge in [-0.3, -0.25) is 14.6 Å². The highest BCUT2D eigenvalue weighted by atomic mass is 35.5. The summed E-state index contributed by atoms with van der Waals surface area (Å²) in [6.07, 6.45) is 2.83. The Balaban J connectivity index is 1.78. The van der Waals surface area contributed by atoms with Crippen LogP contribution >= 0.6 is 11.6 Å². The number of rotatable bonds is 4. The van der Waals surface area contributed by atoms with Gasteiger partial charge in [0.25, 0.3) is 11.8 Å². The fraction of sp³-hybridized carbons (Fsp3) is 0.0952. The van der Waals surface area contributed by atoms with Gasteiger partial charge >= 0.3 is 0 Å². The molecular weight excluding hydrogens is 362 g/mol.